The van der Waals surface area contributed by atoms with Crippen LogP contribution in [-0.4, -0.2) is 22.2 Å². The quantitative estimate of drug-likeness (QED) is 0.843. The molecule has 4 nitrogen and oxygen atoms in total. The Morgan fingerprint density at radius 1 is 1.39 bits per heavy atom. The molecule has 4 heteroatoms. The van der Waals surface area contributed by atoms with Gasteiger partial charge in [-0.15, -0.1) is 0 Å². The van der Waals surface area contributed by atoms with Gasteiger partial charge in [-0.2, -0.15) is 5.10 Å². The van der Waals surface area contributed by atoms with Crippen molar-refractivity contribution in [2.24, 2.45) is 13.0 Å². The van der Waals surface area contributed by atoms with Crippen LogP contribution in [0.15, 0.2) is 0 Å². The molecule has 0 fully saturated rings. The van der Waals surface area contributed by atoms with Gasteiger partial charge in [0.25, 0.3) is 5.91 Å². The molecule has 1 amide bonds. The second kappa shape index (κ2) is 6.57. The average molecular weight is 251 g/mol. The van der Waals surface area contributed by atoms with Crippen molar-refractivity contribution in [2.75, 3.05) is 6.54 Å². The van der Waals surface area contributed by atoms with Crippen LogP contribution in [0.5, 0.6) is 0 Å². The molecule has 0 unspecified atom stereocenters. The highest BCUT2D eigenvalue weighted by molar-refractivity contribution is 5.96. The first-order valence-electron chi connectivity index (χ1n) is 6.84. The first-order valence-corrected chi connectivity index (χ1v) is 6.84. The van der Waals surface area contributed by atoms with Crippen molar-refractivity contribution in [3.05, 3.63) is 17.0 Å². The molecule has 0 spiro atoms. The Morgan fingerprint density at radius 2 is 2.06 bits per heavy atom. The number of aryl methyl sites for hydroxylation is 2. The van der Waals surface area contributed by atoms with E-state index in [9.17, 15) is 4.79 Å². The maximum atomic E-state index is 12.3. The van der Waals surface area contributed by atoms with Crippen molar-refractivity contribution in [3.63, 3.8) is 0 Å². The Bertz CT molecular complexity index is 407. The van der Waals surface area contributed by atoms with Crippen LogP contribution in [0.25, 0.3) is 0 Å². The molecule has 0 saturated heterocycles. The number of nitrogens with one attached hydrogen (secondary N) is 1. The van der Waals surface area contributed by atoms with E-state index in [4.69, 9.17) is 0 Å². The van der Waals surface area contributed by atoms with Gasteiger partial charge in [0.1, 0.15) is 0 Å². The summed E-state index contributed by atoms with van der Waals surface area (Å²) in [7, 11) is 1.91. The minimum atomic E-state index is 0.0251. The van der Waals surface area contributed by atoms with Gasteiger partial charge in [-0.3, -0.25) is 9.48 Å². The molecule has 0 atom stereocenters. The van der Waals surface area contributed by atoms with Crippen molar-refractivity contribution < 1.29 is 4.79 Å². The molecule has 18 heavy (non-hydrogen) atoms. The molecule has 0 aliphatic carbocycles. The maximum absolute atomic E-state index is 12.3. The zero-order valence-electron chi connectivity index (χ0n) is 12.2. The second-order valence-electron chi connectivity index (χ2n) is 5.10. The zero-order chi connectivity index (χ0) is 13.7. The summed E-state index contributed by atoms with van der Waals surface area (Å²) in [6.45, 7) is 9.07. The topological polar surface area (TPSA) is 46.9 Å². The van der Waals surface area contributed by atoms with Gasteiger partial charge < -0.3 is 5.32 Å². The van der Waals surface area contributed by atoms with Crippen LogP contribution >= 0.6 is 0 Å². The van der Waals surface area contributed by atoms with Crippen LogP contribution in [0.3, 0.4) is 0 Å². The van der Waals surface area contributed by atoms with Crippen LogP contribution in [0.1, 0.15) is 55.9 Å². The lowest BCUT2D eigenvalue weighted by Crippen LogP contribution is -2.28. The van der Waals surface area contributed by atoms with Crippen molar-refractivity contribution in [1.29, 1.82) is 0 Å². The Labute approximate surface area is 110 Å². The molecule has 1 heterocycles. The zero-order valence-corrected chi connectivity index (χ0v) is 12.2. The number of hydrogen-bond donors (Lipinski definition) is 1. The van der Waals surface area contributed by atoms with Gasteiger partial charge in [-0.1, -0.05) is 34.1 Å². The van der Waals surface area contributed by atoms with Crippen molar-refractivity contribution in [2.45, 2.75) is 47.0 Å². The van der Waals surface area contributed by atoms with E-state index in [1.165, 1.54) is 0 Å². The maximum Gasteiger partial charge on any atom is 0.255 e. The molecule has 1 N–H and O–H groups in total. The fraction of sp³-hybridized carbons (Fsp3) is 0.714. The fourth-order valence-corrected chi connectivity index (χ4v) is 2.08. The third kappa shape index (κ3) is 3.34. The van der Waals surface area contributed by atoms with Crippen molar-refractivity contribution >= 4 is 5.91 Å². The summed E-state index contributed by atoms with van der Waals surface area (Å²) in [6.07, 6.45) is 2.69. The molecule has 1 rings (SSSR count). The van der Waals surface area contributed by atoms with Gasteiger partial charge >= 0.3 is 0 Å². The van der Waals surface area contributed by atoms with Gasteiger partial charge in [-0.05, 0) is 18.8 Å². The predicted molar refractivity (Wildman–Crippen MR) is 73.8 cm³/mol. The summed E-state index contributed by atoms with van der Waals surface area (Å²) in [5.41, 5.74) is 2.75. The van der Waals surface area contributed by atoms with Gasteiger partial charge in [0.2, 0.25) is 0 Å². The number of amides is 1. The highest BCUT2D eigenvalue weighted by atomic mass is 16.1. The highest BCUT2D eigenvalue weighted by Gasteiger charge is 2.20. The molecule has 102 valence electrons. The molecule has 0 radical (unpaired) electrons. The Balaban J connectivity index is 2.99. The van der Waals surface area contributed by atoms with E-state index in [1.54, 1.807) is 0 Å². The summed E-state index contributed by atoms with van der Waals surface area (Å²) in [5, 5.41) is 7.47. The molecule has 0 aliphatic heterocycles. The molecular weight excluding hydrogens is 226 g/mol. The molecule has 1 aromatic heterocycles. The van der Waals surface area contributed by atoms with E-state index in [2.05, 4.69) is 38.1 Å². The summed E-state index contributed by atoms with van der Waals surface area (Å²) in [5.74, 6) is 0.488. The second-order valence-corrected chi connectivity index (χ2v) is 5.10. The average Bonchev–Trinajstić information content (AvgIpc) is 2.62. The van der Waals surface area contributed by atoms with Gasteiger partial charge in [0.05, 0.1) is 17.0 Å². The highest BCUT2D eigenvalue weighted by Crippen LogP contribution is 2.16. The van der Waals surface area contributed by atoms with Crippen LogP contribution in [-0.2, 0) is 19.9 Å². The predicted octanol–water partition coefficient (Wildman–Crippen LogP) is 2.32. The lowest BCUT2D eigenvalue weighted by atomic mass is 10.1. The molecular formula is C14H25N3O. The van der Waals surface area contributed by atoms with Crippen LogP contribution in [0.4, 0.5) is 0 Å². The van der Waals surface area contributed by atoms with Gasteiger partial charge in [-0.25, -0.2) is 0 Å². The minimum Gasteiger partial charge on any atom is -0.352 e. The monoisotopic (exact) mass is 251 g/mol. The third-order valence-corrected chi connectivity index (χ3v) is 2.96. The first-order chi connectivity index (χ1) is 8.51. The summed E-state index contributed by atoms with van der Waals surface area (Å²) >= 11 is 0. The van der Waals surface area contributed by atoms with Crippen LogP contribution < -0.4 is 5.32 Å². The Hall–Kier alpha value is -1.32. The van der Waals surface area contributed by atoms with E-state index >= 15 is 0 Å². The Morgan fingerprint density at radius 3 is 2.56 bits per heavy atom. The Kier molecular flexibility index (Phi) is 5.38. The molecule has 0 bridgehead atoms. The molecule has 0 aliphatic rings. The normalized spacial score (nSPS) is 11.0. The molecule has 1 aromatic rings. The minimum absolute atomic E-state index is 0.0251. The van der Waals surface area contributed by atoms with E-state index in [0.717, 1.165) is 36.2 Å². The van der Waals surface area contributed by atoms with E-state index in [0.29, 0.717) is 12.5 Å². The fourth-order valence-electron chi connectivity index (χ4n) is 2.08. The SMILES string of the molecule is CCCc1nn(C)c(CC)c1C(=O)NCC(C)C. The summed E-state index contributed by atoms with van der Waals surface area (Å²) in [6, 6.07) is 0. The standard InChI is InChI=1S/C14H25N3O/c1-6-8-11-13(12(7-2)17(5)16-11)14(18)15-9-10(3)4/h10H,6-9H2,1-5H3,(H,15,18). The number of hydrogen-bond acceptors (Lipinski definition) is 2. The number of carbonyl (C=O) groups is 1. The summed E-state index contributed by atoms with van der Waals surface area (Å²) in [4.78, 5) is 12.3. The van der Waals surface area contributed by atoms with E-state index in [-0.39, 0.29) is 5.91 Å². The van der Waals surface area contributed by atoms with Crippen molar-refractivity contribution in [1.82, 2.24) is 15.1 Å². The molecule has 0 aromatic carbocycles. The van der Waals surface area contributed by atoms with Crippen LogP contribution in [0, 0.1) is 5.92 Å². The van der Waals surface area contributed by atoms with Crippen molar-refractivity contribution in [3.8, 4) is 0 Å². The third-order valence-electron chi connectivity index (χ3n) is 2.96. The smallest absolute Gasteiger partial charge is 0.255 e. The largest absolute Gasteiger partial charge is 0.352 e. The first kappa shape index (κ1) is 14.7. The van der Waals surface area contributed by atoms with E-state index in [1.807, 2.05) is 11.7 Å². The number of carbonyl (C=O) groups excluding carboxylic acids is 1. The summed E-state index contributed by atoms with van der Waals surface area (Å²) < 4.78 is 1.84. The number of rotatable bonds is 6. The number of aromatic nitrogens is 2. The molecule has 0 saturated carbocycles. The van der Waals surface area contributed by atoms with Gasteiger partial charge in [0, 0.05) is 13.6 Å². The number of nitrogens with zero attached hydrogens (tertiary/aromatic N) is 2. The lowest BCUT2D eigenvalue weighted by molar-refractivity contribution is 0.0947. The van der Waals surface area contributed by atoms with Crippen LogP contribution in [0.2, 0.25) is 0 Å². The van der Waals surface area contributed by atoms with Gasteiger partial charge in [0.15, 0.2) is 0 Å². The van der Waals surface area contributed by atoms with E-state index < -0.39 is 0 Å². The lowest BCUT2D eigenvalue weighted by Gasteiger charge is -2.09.